The molecule has 134 valence electrons. The maximum atomic E-state index is 3.76. The van der Waals surface area contributed by atoms with Gasteiger partial charge < -0.3 is 0 Å². The average Bonchev–Trinajstić information content (AvgIpc) is 3.09. The Hall–Kier alpha value is -0.690. The standard InChI is InChI=1S/C23H23Br2P/c1-13(2)26(22-14(3)11-18-16(22)7-5-9-20(18)24)23-15(4)12-19-17(23)8-6-10-21(19)25/h5-13,22-23H,1-4H3. The lowest BCUT2D eigenvalue weighted by molar-refractivity contribution is 0.974. The van der Waals surface area contributed by atoms with Crippen molar-refractivity contribution in [3.63, 3.8) is 0 Å². The normalized spacial score (nSPS) is 22.1. The zero-order valence-electron chi connectivity index (χ0n) is 15.6. The minimum Gasteiger partial charge on any atom is -0.0802 e. The third-order valence-corrected chi connectivity index (χ3v) is 10.7. The Kier molecular flexibility index (Phi) is 5.05. The van der Waals surface area contributed by atoms with Crippen LogP contribution in [-0.4, -0.2) is 5.66 Å². The summed E-state index contributed by atoms with van der Waals surface area (Å²) in [6.07, 6.45) is 4.80. The van der Waals surface area contributed by atoms with Gasteiger partial charge in [0.1, 0.15) is 0 Å². The van der Waals surface area contributed by atoms with Gasteiger partial charge in [-0.2, -0.15) is 0 Å². The summed E-state index contributed by atoms with van der Waals surface area (Å²) in [4.78, 5) is 0. The Bertz CT molecular complexity index is 866. The second-order valence-electron chi connectivity index (χ2n) is 7.61. The Balaban J connectivity index is 1.86. The first-order valence-electron chi connectivity index (χ1n) is 9.10. The molecule has 0 radical (unpaired) electrons. The van der Waals surface area contributed by atoms with Gasteiger partial charge in [-0.15, -0.1) is 0 Å². The van der Waals surface area contributed by atoms with E-state index in [0.717, 1.165) is 0 Å². The molecule has 2 aromatic carbocycles. The van der Waals surface area contributed by atoms with Crippen LogP contribution >= 0.6 is 39.8 Å². The van der Waals surface area contributed by atoms with Gasteiger partial charge in [0.05, 0.1) is 0 Å². The van der Waals surface area contributed by atoms with Gasteiger partial charge in [0.25, 0.3) is 0 Å². The van der Waals surface area contributed by atoms with Crippen molar-refractivity contribution in [2.24, 2.45) is 0 Å². The van der Waals surface area contributed by atoms with Gasteiger partial charge in [-0.05, 0) is 53.9 Å². The molecule has 2 unspecified atom stereocenters. The summed E-state index contributed by atoms with van der Waals surface area (Å²) in [5.74, 6) is 0. The molecule has 0 N–H and O–H groups in total. The van der Waals surface area contributed by atoms with E-state index < -0.39 is 0 Å². The van der Waals surface area contributed by atoms with E-state index in [1.165, 1.54) is 42.3 Å². The van der Waals surface area contributed by atoms with E-state index in [0.29, 0.717) is 17.0 Å². The van der Waals surface area contributed by atoms with Crippen molar-refractivity contribution in [2.75, 3.05) is 0 Å². The van der Waals surface area contributed by atoms with Gasteiger partial charge in [-0.1, -0.05) is 101 Å². The van der Waals surface area contributed by atoms with Crippen molar-refractivity contribution in [2.45, 2.75) is 44.7 Å². The van der Waals surface area contributed by atoms with E-state index in [4.69, 9.17) is 0 Å². The molecule has 0 amide bonds. The maximum Gasteiger partial charge on any atom is 0.0268 e. The summed E-state index contributed by atoms with van der Waals surface area (Å²) >= 11 is 7.53. The van der Waals surface area contributed by atoms with Gasteiger partial charge in [-0.3, -0.25) is 0 Å². The molecule has 3 heteroatoms. The molecule has 4 rings (SSSR count). The highest BCUT2D eigenvalue weighted by Gasteiger charge is 2.40. The average molecular weight is 490 g/mol. The summed E-state index contributed by atoms with van der Waals surface area (Å²) in [5.41, 5.74) is 10.6. The molecule has 2 atom stereocenters. The number of rotatable bonds is 3. The topological polar surface area (TPSA) is 0 Å². The van der Waals surface area contributed by atoms with Crippen molar-refractivity contribution in [3.8, 4) is 0 Å². The van der Waals surface area contributed by atoms with Crippen molar-refractivity contribution < 1.29 is 0 Å². The van der Waals surface area contributed by atoms with Crippen LogP contribution in [0.2, 0.25) is 0 Å². The predicted octanol–water partition coefficient (Wildman–Crippen LogP) is 8.72. The summed E-state index contributed by atoms with van der Waals surface area (Å²) < 4.78 is 2.44. The number of allylic oxidation sites excluding steroid dienone is 2. The molecule has 0 nitrogen and oxygen atoms in total. The number of halogens is 2. The fourth-order valence-electron chi connectivity index (χ4n) is 4.53. The third kappa shape index (κ3) is 2.89. The van der Waals surface area contributed by atoms with Crippen LogP contribution in [0.4, 0.5) is 0 Å². The summed E-state index contributed by atoms with van der Waals surface area (Å²) in [6.45, 7) is 9.48. The van der Waals surface area contributed by atoms with Crippen molar-refractivity contribution >= 4 is 51.9 Å². The molecule has 2 aliphatic carbocycles. The highest BCUT2D eigenvalue weighted by atomic mass is 79.9. The van der Waals surface area contributed by atoms with Gasteiger partial charge in [0.2, 0.25) is 0 Å². The number of benzene rings is 2. The van der Waals surface area contributed by atoms with Crippen molar-refractivity contribution in [1.82, 2.24) is 0 Å². The highest BCUT2D eigenvalue weighted by molar-refractivity contribution is 9.10. The minimum absolute atomic E-state index is 0.277. The quantitative estimate of drug-likeness (QED) is 0.378. The van der Waals surface area contributed by atoms with Crippen molar-refractivity contribution in [3.05, 3.63) is 78.7 Å². The van der Waals surface area contributed by atoms with Crippen LogP contribution < -0.4 is 0 Å². The zero-order chi connectivity index (χ0) is 18.6. The van der Waals surface area contributed by atoms with E-state index in [-0.39, 0.29) is 7.92 Å². The number of hydrogen-bond acceptors (Lipinski definition) is 0. The van der Waals surface area contributed by atoms with E-state index in [1.54, 1.807) is 0 Å². The van der Waals surface area contributed by atoms with Crippen LogP contribution in [0.3, 0.4) is 0 Å². The van der Waals surface area contributed by atoms with E-state index in [1.807, 2.05) is 0 Å². The van der Waals surface area contributed by atoms with Gasteiger partial charge in [-0.25, -0.2) is 0 Å². The molecule has 0 saturated carbocycles. The van der Waals surface area contributed by atoms with Crippen LogP contribution in [0.1, 0.15) is 61.3 Å². The van der Waals surface area contributed by atoms with Gasteiger partial charge in [0.15, 0.2) is 0 Å². The molecular formula is C23H23Br2P. The van der Waals surface area contributed by atoms with Crippen molar-refractivity contribution in [1.29, 1.82) is 0 Å². The number of hydrogen-bond donors (Lipinski definition) is 0. The smallest absolute Gasteiger partial charge is 0.0268 e. The molecule has 0 aliphatic heterocycles. The first kappa shape index (κ1) is 18.7. The van der Waals surface area contributed by atoms with E-state index in [2.05, 4.69) is 108 Å². The highest BCUT2D eigenvalue weighted by Crippen LogP contribution is 2.72. The molecule has 0 bridgehead atoms. The predicted molar refractivity (Wildman–Crippen MR) is 123 cm³/mol. The molecule has 26 heavy (non-hydrogen) atoms. The van der Waals surface area contributed by atoms with Crippen LogP contribution in [0.25, 0.3) is 12.2 Å². The Labute approximate surface area is 174 Å². The fraction of sp³-hybridized carbons (Fsp3) is 0.304. The summed E-state index contributed by atoms with van der Waals surface area (Å²) in [5, 5.41) is 0. The Morgan fingerprint density at radius 1 is 0.769 bits per heavy atom. The molecule has 2 aliphatic rings. The number of fused-ring (bicyclic) bond motifs is 2. The van der Waals surface area contributed by atoms with Gasteiger partial charge in [0, 0.05) is 20.3 Å². The molecular weight excluding hydrogens is 467 g/mol. The fourth-order valence-corrected chi connectivity index (χ4v) is 9.19. The lowest BCUT2D eigenvalue weighted by atomic mass is 10.1. The van der Waals surface area contributed by atoms with E-state index in [9.17, 15) is 0 Å². The second kappa shape index (κ2) is 7.04. The zero-order valence-corrected chi connectivity index (χ0v) is 19.6. The van der Waals surface area contributed by atoms with Gasteiger partial charge >= 0.3 is 0 Å². The first-order valence-corrected chi connectivity index (χ1v) is 12.2. The molecule has 0 fully saturated rings. The summed E-state index contributed by atoms with van der Waals surface area (Å²) in [6, 6.07) is 13.4. The van der Waals surface area contributed by atoms with Crippen LogP contribution in [-0.2, 0) is 0 Å². The molecule has 2 aromatic rings. The maximum absolute atomic E-state index is 3.76. The molecule has 0 aromatic heterocycles. The Morgan fingerprint density at radius 3 is 1.58 bits per heavy atom. The molecule has 0 spiro atoms. The van der Waals surface area contributed by atoms with Crippen LogP contribution in [0.15, 0.2) is 56.5 Å². The van der Waals surface area contributed by atoms with Crippen LogP contribution in [0, 0.1) is 0 Å². The second-order valence-corrected chi connectivity index (χ2v) is 12.3. The first-order chi connectivity index (χ1) is 12.4. The summed E-state index contributed by atoms with van der Waals surface area (Å²) in [7, 11) is -0.277. The molecule has 0 heterocycles. The minimum atomic E-state index is -0.277. The lowest BCUT2D eigenvalue weighted by Gasteiger charge is -2.37. The third-order valence-electron chi connectivity index (χ3n) is 5.56. The lowest BCUT2D eigenvalue weighted by Crippen LogP contribution is -2.11. The SMILES string of the molecule is CC1=Cc2c(Br)cccc2C1P(C(C)C)C1C(C)=Cc2c(Br)cccc21. The van der Waals surface area contributed by atoms with Crippen LogP contribution in [0.5, 0.6) is 0 Å². The largest absolute Gasteiger partial charge is 0.0802 e. The van der Waals surface area contributed by atoms with E-state index >= 15 is 0 Å². The monoisotopic (exact) mass is 488 g/mol. The Morgan fingerprint density at radius 2 is 1.19 bits per heavy atom. The molecule has 0 saturated heterocycles.